The fourth-order valence-electron chi connectivity index (χ4n) is 1.94. The maximum absolute atomic E-state index is 5.27. The van der Waals surface area contributed by atoms with Crippen molar-refractivity contribution in [1.29, 1.82) is 0 Å². The van der Waals surface area contributed by atoms with Gasteiger partial charge in [-0.15, -0.1) is 35.3 Å². The predicted octanol–water partition coefficient (Wildman–Crippen LogP) is 3.10. The van der Waals surface area contributed by atoms with Gasteiger partial charge in [-0.2, -0.15) is 0 Å². The van der Waals surface area contributed by atoms with Crippen LogP contribution in [-0.4, -0.2) is 18.0 Å². The highest BCUT2D eigenvalue weighted by Crippen LogP contribution is 2.40. The lowest BCUT2D eigenvalue weighted by Crippen LogP contribution is -2.36. The maximum Gasteiger partial charge on any atom is 0.191 e. The quantitative estimate of drug-likeness (QED) is 0.445. The molecule has 0 atom stereocenters. The number of nitrogens with zero attached hydrogens (tertiary/aromatic N) is 2. The molecule has 5 nitrogen and oxygen atoms in total. The molecule has 0 spiro atoms. The van der Waals surface area contributed by atoms with Crippen LogP contribution in [0, 0.1) is 0 Å². The van der Waals surface area contributed by atoms with Crippen molar-refractivity contribution in [2.45, 2.75) is 31.8 Å². The summed E-state index contributed by atoms with van der Waals surface area (Å²) in [5, 5.41) is 9.75. The second kappa shape index (κ2) is 7.79. The van der Waals surface area contributed by atoms with E-state index in [1.165, 1.54) is 18.5 Å². The van der Waals surface area contributed by atoms with Crippen molar-refractivity contribution in [3.63, 3.8) is 0 Å². The minimum atomic E-state index is 0. The molecule has 0 radical (unpaired) electrons. The molecule has 21 heavy (non-hydrogen) atoms. The zero-order valence-electron chi connectivity index (χ0n) is 11.8. The smallest absolute Gasteiger partial charge is 0.191 e. The third kappa shape index (κ3) is 4.70. The minimum absolute atomic E-state index is 0. The lowest BCUT2D eigenvalue weighted by molar-refractivity contribution is 0.501. The topological polar surface area (TPSA) is 62.5 Å². The molecule has 3 rings (SSSR count). The van der Waals surface area contributed by atoms with Crippen LogP contribution in [-0.2, 0) is 13.1 Å². The predicted molar refractivity (Wildman–Crippen MR) is 95.3 cm³/mol. The molecule has 0 bridgehead atoms. The van der Waals surface area contributed by atoms with Crippen LogP contribution in [0.1, 0.15) is 35.2 Å². The summed E-state index contributed by atoms with van der Waals surface area (Å²) < 4.78 is 5.27. The van der Waals surface area contributed by atoms with E-state index in [9.17, 15) is 0 Å². The minimum Gasteiger partial charge on any atom is -0.467 e. The van der Waals surface area contributed by atoms with Gasteiger partial charge < -0.3 is 15.1 Å². The third-order valence-electron chi connectivity index (χ3n) is 3.21. The number of furan rings is 1. The van der Waals surface area contributed by atoms with E-state index in [2.05, 4.69) is 26.0 Å². The van der Waals surface area contributed by atoms with Gasteiger partial charge in [-0.1, -0.05) is 0 Å². The number of nitrogens with one attached hydrogen (secondary N) is 2. The average molecular weight is 418 g/mol. The zero-order valence-corrected chi connectivity index (χ0v) is 15.0. The summed E-state index contributed by atoms with van der Waals surface area (Å²) >= 11 is 1.71. The highest BCUT2D eigenvalue weighted by molar-refractivity contribution is 14.0. The van der Waals surface area contributed by atoms with Gasteiger partial charge in [0.15, 0.2) is 5.96 Å². The Hall–Kier alpha value is -1.09. The molecule has 1 aliphatic rings. The van der Waals surface area contributed by atoms with Gasteiger partial charge >= 0.3 is 0 Å². The Bertz CT molecular complexity index is 578. The van der Waals surface area contributed by atoms with Crippen molar-refractivity contribution >= 4 is 41.3 Å². The van der Waals surface area contributed by atoms with Crippen LogP contribution in [0.15, 0.2) is 33.2 Å². The molecule has 0 aliphatic heterocycles. The van der Waals surface area contributed by atoms with Crippen LogP contribution in [0.5, 0.6) is 0 Å². The van der Waals surface area contributed by atoms with E-state index >= 15 is 0 Å². The molecule has 1 fully saturated rings. The second-order valence-electron chi connectivity index (χ2n) is 4.80. The molecule has 1 aliphatic carbocycles. The SMILES string of the molecule is CN=C(NCc1ccco1)NCc1nc(C2CC2)cs1.I. The van der Waals surface area contributed by atoms with Gasteiger partial charge in [-0.05, 0) is 25.0 Å². The molecule has 0 aromatic carbocycles. The molecule has 1 saturated carbocycles. The van der Waals surface area contributed by atoms with Crippen LogP contribution >= 0.6 is 35.3 Å². The van der Waals surface area contributed by atoms with Crippen molar-refractivity contribution < 1.29 is 4.42 Å². The van der Waals surface area contributed by atoms with E-state index in [1.807, 2.05) is 12.1 Å². The van der Waals surface area contributed by atoms with Gasteiger partial charge in [-0.3, -0.25) is 4.99 Å². The Balaban J connectivity index is 0.00000161. The first kappa shape index (κ1) is 16.3. The van der Waals surface area contributed by atoms with Crippen molar-refractivity contribution in [2.24, 2.45) is 4.99 Å². The molecule has 2 heterocycles. The number of aliphatic imine (C=N–C) groups is 1. The normalized spacial score (nSPS) is 14.6. The summed E-state index contributed by atoms with van der Waals surface area (Å²) in [4.78, 5) is 8.83. The lowest BCUT2D eigenvalue weighted by atomic mass is 10.3. The molecule has 0 amide bonds. The summed E-state index contributed by atoms with van der Waals surface area (Å²) in [6.45, 7) is 1.33. The Morgan fingerprint density at radius 1 is 1.43 bits per heavy atom. The van der Waals surface area contributed by atoms with Crippen molar-refractivity contribution in [3.8, 4) is 0 Å². The fraction of sp³-hybridized carbons (Fsp3) is 0.429. The highest BCUT2D eigenvalue weighted by Gasteiger charge is 2.25. The summed E-state index contributed by atoms with van der Waals surface area (Å²) in [7, 11) is 1.76. The van der Waals surface area contributed by atoms with Gasteiger partial charge in [0.05, 0.1) is 25.0 Å². The highest BCUT2D eigenvalue weighted by atomic mass is 127. The monoisotopic (exact) mass is 418 g/mol. The van der Waals surface area contributed by atoms with Gasteiger partial charge in [0, 0.05) is 18.3 Å². The van der Waals surface area contributed by atoms with E-state index in [1.54, 1.807) is 24.6 Å². The second-order valence-corrected chi connectivity index (χ2v) is 5.74. The van der Waals surface area contributed by atoms with Crippen LogP contribution < -0.4 is 10.6 Å². The molecule has 2 aromatic heterocycles. The Morgan fingerprint density at radius 2 is 2.24 bits per heavy atom. The number of guanidine groups is 1. The first-order valence-electron chi connectivity index (χ1n) is 6.76. The van der Waals surface area contributed by atoms with Crippen molar-refractivity contribution in [3.05, 3.63) is 40.2 Å². The van der Waals surface area contributed by atoms with E-state index in [0.717, 1.165) is 22.6 Å². The van der Waals surface area contributed by atoms with Crippen molar-refractivity contribution in [1.82, 2.24) is 15.6 Å². The largest absolute Gasteiger partial charge is 0.467 e. The van der Waals surface area contributed by atoms with Crippen LogP contribution in [0.25, 0.3) is 0 Å². The third-order valence-corrected chi connectivity index (χ3v) is 4.07. The summed E-state index contributed by atoms with van der Waals surface area (Å²) in [5.74, 6) is 2.36. The van der Waals surface area contributed by atoms with Crippen molar-refractivity contribution in [2.75, 3.05) is 7.05 Å². The number of hydrogen-bond acceptors (Lipinski definition) is 4. The van der Waals surface area contributed by atoms with Gasteiger partial charge in [0.2, 0.25) is 0 Å². The molecular weight excluding hydrogens is 399 g/mol. The summed E-state index contributed by atoms with van der Waals surface area (Å²) in [5.41, 5.74) is 1.25. The summed E-state index contributed by atoms with van der Waals surface area (Å²) in [6.07, 6.45) is 4.26. The van der Waals surface area contributed by atoms with E-state index in [-0.39, 0.29) is 24.0 Å². The number of aromatic nitrogens is 1. The van der Waals surface area contributed by atoms with E-state index < -0.39 is 0 Å². The summed E-state index contributed by atoms with van der Waals surface area (Å²) in [6, 6.07) is 3.81. The molecule has 2 aromatic rings. The van der Waals surface area contributed by atoms with Gasteiger partial charge in [0.25, 0.3) is 0 Å². The number of hydrogen-bond donors (Lipinski definition) is 2. The van der Waals surface area contributed by atoms with Crippen LogP contribution in [0.4, 0.5) is 0 Å². The lowest BCUT2D eigenvalue weighted by Gasteiger charge is -2.09. The Morgan fingerprint density at radius 3 is 2.90 bits per heavy atom. The zero-order chi connectivity index (χ0) is 13.8. The first-order chi connectivity index (χ1) is 9.85. The molecule has 2 N–H and O–H groups in total. The van der Waals surface area contributed by atoms with E-state index in [0.29, 0.717) is 13.1 Å². The molecular formula is C14H19IN4OS. The van der Waals surface area contributed by atoms with Gasteiger partial charge in [-0.25, -0.2) is 4.98 Å². The van der Waals surface area contributed by atoms with Crippen LogP contribution in [0.3, 0.4) is 0 Å². The number of rotatable bonds is 5. The first-order valence-corrected chi connectivity index (χ1v) is 7.64. The van der Waals surface area contributed by atoms with Crippen LogP contribution in [0.2, 0.25) is 0 Å². The molecule has 7 heteroatoms. The number of halogens is 1. The van der Waals surface area contributed by atoms with E-state index in [4.69, 9.17) is 4.42 Å². The Kier molecular flexibility index (Phi) is 6.04. The maximum atomic E-state index is 5.27. The standard InChI is InChI=1S/C14H18N4OS.HI/c1-15-14(16-7-11-3-2-6-19-11)17-8-13-18-12(9-20-13)10-4-5-10;/h2-3,6,9-10H,4-5,7-8H2,1H3,(H2,15,16,17);1H. The fourth-order valence-corrected chi connectivity index (χ4v) is 2.75. The molecule has 0 unspecified atom stereocenters. The number of thiazole rings is 1. The Labute approximate surface area is 145 Å². The van der Waals surface area contributed by atoms with Gasteiger partial charge in [0.1, 0.15) is 10.8 Å². The molecule has 114 valence electrons. The average Bonchev–Trinajstić information content (AvgIpc) is 3.01. The molecule has 0 saturated heterocycles.